The number of halogens is 1. The Morgan fingerprint density at radius 3 is 2.47 bits per heavy atom. The minimum atomic E-state index is -1.00. The quantitative estimate of drug-likeness (QED) is 0.911. The van der Waals surface area contributed by atoms with E-state index in [9.17, 15) is 9.50 Å². The Morgan fingerprint density at radius 2 is 1.89 bits per heavy atom. The third kappa shape index (κ3) is 2.38. The molecular formula is C16H16FNO. The second kappa shape index (κ2) is 5.10. The van der Waals surface area contributed by atoms with Gasteiger partial charge in [0.2, 0.25) is 0 Å². The number of aliphatic hydroxyl groups is 1. The highest BCUT2D eigenvalue weighted by atomic mass is 19.1. The second-order valence-corrected chi connectivity index (χ2v) is 5.07. The molecule has 98 valence electrons. The van der Waals surface area contributed by atoms with Gasteiger partial charge in [-0.2, -0.15) is 0 Å². The lowest BCUT2D eigenvalue weighted by Gasteiger charge is -2.26. The molecule has 1 saturated carbocycles. The molecule has 0 amide bonds. The molecule has 19 heavy (non-hydrogen) atoms. The van der Waals surface area contributed by atoms with Crippen LogP contribution < -0.4 is 0 Å². The number of pyridine rings is 1. The molecule has 0 saturated heterocycles. The summed E-state index contributed by atoms with van der Waals surface area (Å²) in [6, 6.07) is 10.6. The molecule has 0 aliphatic heterocycles. The Morgan fingerprint density at radius 1 is 1.16 bits per heavy atom. The van der Waals surface area contributed by atoms with Crippen molar-refractivity contribution in [3.8, 4) is 0 Å². The van der Waals surface area contributed by atoms with E-state index < -0.39 is 11.9 Å². The van der Waals surface area contributed by atoms with Crippen LogP contribution in [0, 0.1) is 5.82 Å². The van der Waals surface area contributed by atoms with Gasteiger partial charge >= 0.3 is 0 Å². The van der Waals surface area contributed by atoms with Crippen LogP contribution >= 0.6 is 0 Å². The van der Waals surface area contributed by atoms with E-state index >= 15 is 0 Å². The van der Waals surface area contributed by atoms with Crippen LogP contribution in [0.1, 0.15) is 48.1 Å². The molecule has 1 aliphatic carbocycles. The molecule has 1 aromatic heterocycles. The van der Waals surface area contributed by atoms with E-state index in [1.807, 2.05) is 24.3 Å². The maximum absolute atomic E-state index is 13.6. The number of hydrogen-bond acceptors (Lipinski definition) is 2. The third-order valence-electron chi connectivity index (χ3n) is 3.87. The largest absolute Gasteiger partial charge is 0.382 e. The van der Waals surface area contributed by atoms with E-state index in [2.05, 4.69) is 4.98 Å². The molecule has 1 atom stereocenters. The SMILES string of the molecule is OC(c1ccc(C2CCC2)cc1)c1ncccc1F. The standard InChI is InChI=1S/C16H16FNO/c17-14-5-2-10-18-15(14)16(19)13-8-6-12(7-9-13)11-3-1-4-11/h2,5-11,16,19H,1,3-4H2. The van der Waals surface area contributed by atoms with Gasteiger partial charge in [0, 0.05) is 6.20 Å². The van der Waals surface area contributed by atoms with Crippen LogP contribution in [0.15, 0.2) is 42.6 Å². The van der Waals surface area contributed by atoms with Gasteiger partial charge in [0.25, 0.3) is 0 Å². The van der Waals surface area contributed by atoms with Gasteiger partial charge in [-0.1, -0.05) is 30.7 Å². The van der Waals surface area contributed by atoms with E-state index in [1.54, 1.807) is 0 Å². The molecule has 1 N–H and O–H groups in total. The summed E-state index contributed by atoms with van der Waals surface area (Å²) in [4.78, 5) is 3.91. The Hall–Kier alpha value is -1.74. The van der Waals surface area contributed by atoms with Gasteiger partial charge in [-0.05, 0) is 42.0 Å². The van der Waals surface area contributed by atoms with Crippen LogP contribution in [0.3, 0.4) is 0 Å². The Bertz CT molecular complexity index is 563. The highest BCUT2D eigenvalue weighted by Gasteiger charge is 2.20. The first-order chi connectivity index (χ1) is 9.25. The summed E-state index contributed by atoms with van der Waals surface area (Å²) < 4.78 is 13.6. The molecule has 1 unspecified atom stereocenters. The molecule has 0 radical (unpaired) electrons. The molecule has 3 rings (SSSR count). The summed E-state index contributed by atoms with van der Waals surface area (Å²) in [5, 5.41) is 10.2. The first-order valence-corrected chi connectivity index (χ1v) is 6.64. The van der Waals surface area contributed by atoms with Crippen molar-refractivity contribution in [1.29, 1.82) is 0 Å². The number of hydrogen-bond donors (Lipinski definition) is 1. The van der Waals surface area contributed by atoms with Gasteiger partial charge < -0.3 is 5.11 Å². The fraction of sp³-hybridized carbons (Fsp3) is 0.312. The van der Waals surface area contributed by atoms with Crippen LogP contribution in [0.4, 0.5) is 4.39 Å². The minimum Gasteiger partial charge on any atom is -0.382 e. The molecule has 1 aliphatic rings. The smallest absolute Gasteiger partial charge is 0.147 e. The van der Waals surface area contributed by atoms with Crippen LogP contribution in [0.25, 0.3) is 0 Å². The van der Waals surface area contributed by atoms with E-state index in [4.69, 9.17) is 0 Å². The maximum Gasteiger partial charge on any atom is 0.147 e. The van der Waals surface area contributed by atoms with E-state index in [-0.39, 0.29) is 5.69 Å². The fourth-order valence-electron chi connectivity index (χ4n) is 2.45. The summed E-state index contributed by atoms with van der Waals surface area (Å²) in [5.74, 6) is 0.191. The van der Waals surface area contributed by atoms with Crippen LogP contribution in [0.5, 0.6) is 0 Å². The average Bonchev–Trinajstić information content (AvgIpc) is 2.37. The number of aliphatic hydroxyl groups excluding tert-OH is 1. The number of nitrogens with zero attached hydrogens (tertiary/aromatic N) is 1. The molecule has 2 aromatic rings. The van der Waals surface area contributed by atoms with Gasteiger partial charge in [-0.15, -0.1) is 0 Å². The van der Waals surface area contributed by atoms with Crippen molar-refractivity contribution in [2.45, 2.75) is 31.3 Å². The molecule has 3 heteroatoms. The molecule has 1 fully saturated rings. The highest BCUT2D eigenvalue weighted by Crippen LogP contribution is 2.36. The van der Waals surface area contributed by atoms with Crippen molar-refractivity contribution in [3.63, 3.8) is 0 Å². The Kier molecular flexibility index (Phi) is 3.30. The predicted molar refractivity (Wildman–Crippen MR) is 71.3 cm³/mol. The van der Waals surface area contributed by atoms with Crippen molar-refractivity contribution < 1.29 is 9.50 Å². The third-order valence-corrected chi connectivity index (χ3v) is 3.87. The van der Waals surface area contributed by atoms with Gasteiger partial charge in [0.1, 0.15) is 17.6 Å². The van der Waals surface area contributed by atoms with Gasteiger partial charge in [-0.3, -0.25) is 4.98 Å². The van der Waals surface area contributed by atoms with Crippen LogP contribution in [-0.2, 0) is 0 Å². The van der Waals surface area contributed by atoms with E-state index in [0.717, 1.165) is 0 Å². The summed E-state index contributed by atoms with van der Waals surface area (Å²) in [6.45, 7) is 0. The lowest BCUT2D eigenvalue weighted by atomic mass is 9.80. The summed E-state index contributed by atoms with van der Waals surface area (Å²) in [5.41, 5.74) is 2.07. The monoisotopic (exact) mass is 257 g/mol. The predicted octanol–water partition coefficient (Wildman–Crippen LogP) is 3.57. The Labute approximate surface area is 111 Å². The van der Waals surface area contributed by atoms with Crippen molar-refractivity contribution in [3.05, 3.63) is 65.2 Å². The van der Waals surface area contributed by atoms with Crippen molar-refractivity contribution in [2.75, 3.05) is 0 Å². The molecule has 1 heterocycles. The highest BCUT2D eigenvalue weighted by molar-refractivity contribution is 5.31. The second-order valence-electron chi connectivity index (χ2n) is 5.07. The number of benzene rings is 1. The molecule has 0 spiro atoms. The minimum absolute atomic E-state index is 0.0823. The van der Waals surface area contributed by atoms with E-state index in [1.165, 1.54) is 43.2 Å². The normalized spacial score (nSPS) is 16.9. The van der Waals surface area contributed by atoms with Crippen LogP contribution in [0.2, 0.25) is 0 Å². The Balaban J connectivity index is 1.83. The van der Waals surface area contributed by atoms with Crippen molar-refractivity contribution >= 4 is 0 Å². The van der Waals surface area contributed by atoms with E-state index in [0.29, 0.717) is 11.5 Å². The molecule has 1 aromatic carbocycles. The van der Waals surface area contributed by atoms with Crippen LogP contribution in [-0.4, -0.2) is 10.1 Å². The summed E-state index contributed by atoms with van der Waals surface area (Å²) >= 11 is 0. The zero-order chi connectivity index (χ0) is 13.2. The molecule has 2 nitrogen and oxygen atoms in total. The lowest BCUT2D eigenvalue weighted by molar-refractivity contribution is 0.209. The zero-order valence-electron chi connectivity index (χ0n) is 10.6. The number of aromatic nitrogens is 1. The maximum atomic E-state index is 13.6. The first-order valence-electron chi connectivity index (χ1n) is 6.64. The first kappa shape index (κ1) is 12.3. The molecular weight excluding hydrogens is 241 g/mol. The van der Waals surface area contributed by atoms with Gasteiger partial charge in [-0.25, -0.2) is 4.39 Å². The lowest BCUT2D eigenvalue weighted by Crippen LogP contribution is -2.09. The average molecular weight is 257 g/mol. The number of rotatable bonds is 3. The van der Waals surface area contributed by atoms with Crippen molar-refractivity contribution in [2.24, 2.45) is 0 Å². The van der Waals surface area contributed by atoms with Gasteiger partial charge in [0.05, 0.1) is 0 Å². The summed E-state index contributed by atoms with van der Waals surface area (Å²) in [6.07, 6.45) is 4.28. The van der Waals surface area contributed by atoms with Crippen molar-refractivity contribution in [1.82, 2.24) is 4.98 Å². The zero-order valence-corrected chi connectivity index (χ0v) is 10.6. The fourth-order valence-corrected chi connectivity index (χ4v) is 2.45. The topological polar surface area (TPSA) is 33.1 Å². The van der Waals surface area contributed by atoms with Gasteiger partial charge in [0.15, 0.2) is 0 Å². The summed E-state index contributed by atoms with van der Waals surface area (Å²) in [7, 11) is 0. The molecule has 0 bridgehead atoms.